The van der Waals surface area contributed by atoms with E-state index in [4.69, 9.17) is 0 Å². The molecule has 0 saturated heterocycles. The highest BCUT2D eigenvalue weighted by molar-refractivity contribution is 5.97. The third-order valence-electron chi connectivity index (χ3n) is 16.4. The van der Waals surface area contributed by atoms with Crippen LogP contribution >= 0.6 is 0 Å². The quantitative estimate of drug-likeness (QED) is 0.110. The van der Waals surface area contributed by atoms with Crippen LogP contribution in [0.3, 0.4) is 0 Å². The fourth-order valence-corrected chi connectivity index (χ4v) is 12.9. The van der Waals surface area contributed by atoms with Gasteiger partial charge in [-0.15, -0.1) is 0 Å². The number of anilines is 3. The van der Waals surface area contributed by atoms with Crippen molar-refractivity contribution in [2.24, 2.45) is 0 Å². The van der Waals surface area contributed by atoms with Gasteiger partial charge in [-0.1, -0.05) is 257 Å². The average Bonchev–Trinajstić information content (AvgIpc) is 3.94. The van der Waals surface area contributed by atoms with E-state index in [9.17, 15) is 0 Å². The third kappa shape index (κ3) is 7.61. The van der Waals surface area contributed by atoms with E-state index in [0.29, 0.717) is 0 Å². The van der Waals surface area contributed by atoms with Gasteiger partial charge in [0.15, 0.2) is 0 Å². The highest BCUT2D eigenvalue weighted by Gasteiger charge is 2.46. The summed E-state index contributed by atoms with van der Waals surface area (Å²) in [5, 5.41) is 0. The molecule has 0 heterocycles. The van der Waals surface area contributed by atoms with Gasteiger partial charge in [0.2, 0.25) is 0 Å². The Balaban J connectivity index is 0.867. The van der Waals surface area contributed by atoms with Crippen LogP contribution in [-0.2, 0) is 10.8 Å². The fourth-order valence-electron chi connectivity index (χ4n) is 12.9. The summed E-state index contributed by atoms with van der Waals surface area (Å²) < 4.78 is 0. The van der Waals surface area contributed by atoms with E-state index in [1.165, 1.54) is 100 Å². The van der Waals surface area contributed by atoms with Gasteiger partial charge < -0.3 is 4.90 Å². The maximum absolute atomic E-state index is 2.49. The minimum Gasteiger partial charge on any atom is -0.310 e. The van der Waals surface area contributed by atoms with Crippen molar-refractivity contribution in [3.05, 3.63) is 317 Å². The smallest absolute Gasteiger partial charge is 0.0713 e. The number of fused-ring (bicyclic) bond motifs is 6. The average molecular weight is 960 g/mol. The molecule has 0 aliphatic heterocycles. The number of rotatable bonds is 12. The van der Waals surface area contributed by atoms with Crippen molar-refractivity contribution in [2.45, 2.75) is 37.5 Å². The molecule has 1 nitrogen and oxygen atoms in total. The van der Waals surface area contributed by atoms with E-state index in [2.05, 4.69) is 304 Å². The van der Waals surface area contributed by atoms with E-state index in [-0.39, 0.29) is 5.41 Å². The maximum atomic E-state index is 2.49. The zero-order chi connectivity index (χ0) is 50.3. The molecule has 0 N–H and O–H groups in total. The second-order valence-corrected chi connectivity index (χ2v) is 20.2. The van der Waals surface area contributed by atoms with Crippen LogP contribution in [0.25, 0.3) is 67.8 Å². The van der Waals surface area contributed by atoms with Crippen LogP contribution in [0.4, 0.5) is 17.1 Å². The zero-order valence-electron chi connectivity index (χ0n) is 42.5. The Morgan fingerprint density at radius 3 is 1.39 bits per heavy atom. The van der Waals surface area contributed by atoms with Crippen molar-refractivity contribution >= 4 is 29.2 Å². The van der Waals surface area contributed by atoms with E-state index in [1.807, 2.05) is 0 Å². The Kier molecular flexibility index (Phi) is 11.7. The Morgan fingerprint density at radius 2 is 0.760 bits per heavy atom. The largest absolute Gasteiger partial charge is 0.310 e. The summed E-state index contributed by atoms with van der Waals surface area (Å²) in [5.41, 5.74) is 25.8. The molecule has 0 radical (unpaired) electrons. The molecule has 11 aromatic carbocycles. The molecule has 2 aliphatic rings. The molecule has 2 aliphatic carbocycles. The lowest BCUT2D eigenvalue weighted by Gasteiger charge is -2.34. The second-order valence-electron chi connectivity index (χ2n) is 20.2. The first-order valence-electron chi connectivity index (χ1n) is 26.6. The van der Waals surface area contributed by atoms with Gasteiger partial charge in [-0.2, -0.15) is 0 Å². The van der Waals surface area contributed by atoms with Gasteiger partial charge >= 0.3 is 0 Å². The number of para-hydroxylation sites is 2. The molecule has 0 unspecified atom stereocenters. The Labute approximate surface area is 442 Å². The molecule has 0 amide bonds. The lowest BCUT2D eigenvalue weighted by Crippen LogP contribution is -2.28. The van der Waals surface area contributed by atoms with Gasteiger partial charge in [-0.05, 0) is 155 Å². The van der Waals surface area contributed by atoms with Gasteiger partial charge in [0, 0.05) is 22.5 Å². The molecule has 0 fully saturated rings. The van der Waals surface area contributed by atoms with Crippen LogP contribution in [0.5, 0.6) is 0 Å². The van der Waals surface area contributed by atoms with Crippen molar-refractivity contribution in [1.29, 1.82) is 0 Å². The van der Waals surface area contributed by atoms with E-state index in [1.54, 1.807) is 0 Å². The first-order chi connectivity index (χ1) is 37.1. The van der Waals surface area contributed by atoms with Crippen molar-refractivity contribution in [3.63, 3.8) is 0 Å². The lowest BCUT2D eigenvalue weighted by molar-refractivity contribution is 0.490. The molecule has 358 valence electrons. The summed E-state index contributed by atoms with van der Waals surface area (Å²) in [4.78, 5) is 2.38. The van der Waals surface area contributed by atoms with E-state index < -0.39 is 5.41 Å². The molecule has 11 aromatic rings. The predicted molar refractivity (Wildman–Crippen MR) is 317 cm³/mol. The molecule has 0 atom stereocenters. The first kappa shape index (κ1) is 45.8. The molecule has 0 aromatic heterocycles. The molecule has 0 spiro atoms. The van der Waals surface area contributed by atoms with Gasteiger partial charge in [0.1, 0.15) is 0 Å². The highest BCUT2D eigenvalue weighted by atomic mass is 15.1. The van der Waals surface area contributed by atoms with Gasteiger partial charge in [-0.25, -0.2) is 0 Å². The molecule has 0 bridgehead atoms. The number of nitrogens with zero attached hydrogens (tertiary/aromatic N) is 1. The SMILES string of the molecule is CCC1(CC)c2cc(/C=C/c3ccc(-c4c(-c5ccccc5)cccc4-c4ccc5c(c4)C(c4ccccc4)(c4ccccc4)c4ccccc4-5)cc3)ccc2-c2ccc(N(c3ccccc3)c3ccccc3)cc21. The van der Waals surface area contributed by atoms with Gasteiger partial charge in [0.25, 0.3) is 0 Å². The fraction of sp³-hybridized carbons (Fsp3) is 0.0811. The number of benzene rings is 11. The lowest BCUT2D eigenvalue weighted by atomic mass is 9.67. The topological polar surface area (TPSA) is 3.24 Å². The standard InChI is InChI=1S/C74H57N/c1-3-73(4-2)69-49-53(41-46-65(69)66-48-45-61(51-70(66)73)75(59-29-16-8-17-30-59)60-31-18-9-19-32-60)38-37-52-39-42-55(43-40-52)72-62(54-23-10-5-11-24-54)34-22-35-63(72)56-44-47-67-64-33-20-21-36-68(64)74(71(67)50-56,57-25-12-6-13-26-57)58-27-14-7-15-28-58/h5-51H,3-4H2,1-2H3/b38-37+. The van der Waals surface area contributed by atoms with Crippen molar-refractivity contribution in [3.8, 4) is 55.6 Å². The number of hydrogen-bond acceptors (Lipinski definition) is 1. The van der Waals surface area contributed by atoms with Crippen molar-refractivity contribution in [1.82, 2.24) is 0 Å². The molecule has 1 heteroatoms. The second kappa shape index (κ2) is 19.1. The summed E-state index contributed by atoms with van der Waals surface area (Å²) in [5.74, 6) is 0. The third-order valence-corrected chi connectivity index (χ3v) is 16.4. The minimum atomic E-state index is -0.483. The zero-order valence-corrected chi connectivity index (χ0v) is 42.5. The highest BCUT2D eigenvalue weighted by Crippen LogP contribution is 2.58. The number of hydrogen-bond donors (Lipinski definition) is 0. The normalized spacial score (nSPS) is 13.5. The van der Waals surface area contributed by atoms with Crippen LogP contribution in [0.1, 0.15) is 71.2 Å². The summed E-state index contributed by atoms with van der Waals surface area (Å²) >= 11 is 0. The summed E-state index contributed by atoms with van der Waals surface area (Å²) in [6, 6.07) is 101. The van der Waals surface area contributed by atoms with Gasteiger partial charge in [-0.3, -0.25) is 0 Å². The van der Waals surface area contributed by atoms with Crippen molar-refractivity contribution < 1.29 is 0 Å². The maximum Gasteiger partial charge on any atom is 0.0713 e. The molecular formula is C74H57N. The Hall–Kier alpha value is -9.04. The summed E-state index contributed by atoms with van der Waals surface area (Å²) in [7, 11) is 0. The molecule has 75 heavy (non-hydrogen) atoms. The first-order valence-corrected chi connectivity index (χ1v) is 26.6. The van der Waals surface area contributed by atoms with Crippen LogP contribution in [0.15, 0.2) is 273 Å². The summed E-state index contributed by atoms with van der Waals surface area (Å²) in [6.45, 7) is 4.72. The van der Waals surface area contributed by atoms with E-state index in [0.717, 1.165) is 29.8 Å². The van der Waals surface area contributed by atoms with E-state index >= 15 is 0 Å². The van der Waals surface area contributed by atoms with Crippen LogP contribution < -0.4 is 4.90 Å². The monoisotopic (exact) mass is 959 g/mol. The predicted octanol–water partition coefficient (Wildman–Crippen LogP) is 19.8. The molecular weight excluding hydrogens is 903 g/mol. The summed E-state index contributed by atoms with van der Waals surface area (Å²) in [6.07, 6.45) is 6.61. The molecule has 0 saturated carbocycles. The van der Waals surface area contributed by atoms with Crippen molar-refractivity contribution in [2.75, 3.05) is 4.90 Å². The molecule has 13 rings (SSSR count). The Morgan fingerprint density at radius 1 is 0.307 bits per heavy atom. The minimum absolute atomic E-state index is 0.0948. The van der Waals surface area contributed by atoms with Crippen LogP contribution in [0, 0.1) is 0 Å². The Bertz CT molecular complexity index is 3790. The van der Waals surface area contributed by atoms with Gasteiger partial charge in [0.05, 0.1) is 5.41 Å². The van der Waals surface area contributed by atoms with Crippen LogP contribution in [-0.4, -0.2) is 0 Å². The van der Waals surface area contributed by atoms with Crippen LogP contribution in [0.2, 0.25) is 0 Å².